The third kappa shape index (κ3) is 3.32. The number of urea groups is 1. The number of β-amino-alcohol motifs (C(OH)–C–C–N with tert-alkyl or cyclic N) is 1. The topological polar surface area (TPSA) is 70.1 Å². The molecule has 0 aromatic heterocycles. The number of ether oxygens (including phenoxy) is 1. The number of piperidine rings is 1. The highest BCUT2D eigenvalue weighted by Gasteiger charge is 2.46. The van der Waals surface area contributed by atoms with Gasteiger partial charge in [-0.25, -0.2) is 4.79 Å². The summed E-state index contributed by atoms with van der Waals surface area (Å²) in [6.07, 6.45) is 1.72. The van der Waals surface area contributed by atoms with E-state index in [0.29, 0.717) is 12.3 Å². The molecule has 0 aliphatic carbocycles. The number of aryl methyl sites for hydroxylation is 1. The van der Waals surface area contributed by atoms with Gasteiger partial charge in [-0.2, -0.15) is 0 Å². The fourth-order valence-corrected chi connectivity index (χ4v) is 3.10. The van der Waals surface area contributed by atoms with E-state index < -0.39 is 6.10 Å². The molecule has 0 unspecified atom stereocenters. The van der Waals surface area contributed by atoms with Crippen LogP contribution in [0.1, 0.15) is 24.8 Å². The lowest BCUT2D eigenvalue weighted by Crippen LogP contribution is -2.40. The molecular weight excluding hydrogens is 296 g/mol. The van der Waals surface area contributed by atoms with Crippen molar-refractivity contribution < 1.29 is 19.4 Å². The molecule has 2 atom stereocenters. The van der Waals surface area contributed by atoms with Crippen molar-refractivity contribution in [1.29, 1.82) is 0 Å². The maximum atomic E-state index is 12.3. The number of benzene rings is 1. The lowest BCUT2D eigenvalue weighted by molar-refractivity contribution is -0.129. The Morgan fingerprint density at radius 3 is 2.70 bits per heavy atom. The van der Waals surface area contributed by atoms with Crippen molar-refractivity contribution in [3.05, 3.63) is 29.8 Å². The van der Waals surface area contributed by atoms with E-state index in [1.807, 2.05) is 31.2 Å². The van der Waals surface area contributed by atoms with Gasteiger partial charge in [0.25, 0.3) is 5.91 Å². The summed E-state index contributed by atoms with van der Waals surface area (Å²) in [6.45, 7) is 2.64. The minimum Gasteiger partial charge on any atom is -0.491 e. The van der Waals surface area contributed by atoms with Crippen LogP contribution in [0.2, 0.25) is 0 Å². The van der Waals surface area contributed by atoms with Crippen molar-refractivity contribution in [2.45, 2.75) is 38.3 Å². The summed E-state index contributed by atoms with van der Waals surface area (Å²) in [5.74, 6) is 0.468. The SMILES string of the molecule is Cc1ccc(OC[C@H](O)CN2C(=O)[C@@H]3CCCCN3C2=O)cc1. The molecule has 0 radical (unpaired) electrons. The van der Waals surface area contributed by atoms with Gasteiger partial charge in [-0.05, 0) is 38.3 Å². The summed E-state index contributed by atoms with van der Waals surface area (Å²) in [6, 6.07) is 6.89. The molecule has 1 N–H and O–H groups in total. The number of fused-ring (bicyclic) bond motifs is 1. The molecule has 2 aliphatic rings. The van der Waals surface area contributed by atoms with Crippen molar-refractivity contribution >= 4 is 11.9 Å². The summed E-state index contributed by atoms with van der Waals surface area (Å²) in [7, 11) is 0. The molecule has 124 valence electrons. The summed E-state index contributed by atoms with van der Waals surface area (Å²) in [5.41, 5.74) is 1.13. The average Bonchev–Trinajstić information content (AvgIpc) is 2.80. The maximum Gasteiger partial charge on any atom is 0.327 e. The Balaban J connectivity index is 1.55. The molecule has 2 saturated heterocycles. The van der Waals surface area contributed by atoms with E-state index in [-0.39, 0.29) is 31.1 Å². The summed E-state index contributed by atoms with van der Waals surface area (Å²) < 4.78 is 5.51. The molecule has 3 amide bonds. The molecule has 0 saturated carbocycles. The average molecular weight is 318 g/mol. The fraction of sp³-hybridized carbons (Fsp3) is 0.529. The molecule has 0 spiro atoms. The Morgan fingerprint density at radius 2 is 2.00 bits per heavy atom. The number of aliphatic hydroxyl groups excluding tert-OH is 1. The second kappa shape index (κ2) is 6.58. The lowest BCUT2D eigenvalue weighted by atomic mass is 10.0. The zero-order valence-corrected chi connectivity index (χ0v) is 13.3. The molecule has 1 aromatic rings. The van der Waals surface area contributed by atoms with Crippen LogP contribution in [-0.2, 0) is 4.79 Å². The number of carbonyl (C=O) groups excluding carboxylic acids is 2. The highest BCUT2D eigenvalue weighted by molar-refractivity contribution is 6.04. The van der Waals surface area contributed by atoms with E-state index in [1.165, 1.54) is 4.90 Å². The number of aliphatic hydroxyl groups is 1. The number of amides is 3. The van der Waals surface area contributed by atoms with Gasteiger partial charge >= 0.3 is 6.03 Å². The quantitative estimate of drug-likeness (QED) is 0.836. The van der Waals surface area contributed by atoms with Gasteiger partial charge in [-0.15, -0.1) is 0 Å². The van der Waals surface area contributed by atoms with E-state index in [9.17, 15) is 14.7 Å². The second-order valence-corrected chi connectivity index (χ2v) is 6.21. The minimum atomic E-state index is -0.898. The highest BCUT2D eigenvalue weighted by atomic mass is 16.5. The molecule has 6 heteroatoms. The van der Waals surface area contributed by atoms with Gasteiger partial charge in [0.2, 0.25) is 0 Å². The van der Waals surface area contributed by atoms with Gasteiger partial charge in [-0.1, -0.05) is 17.7 Å². The molecule has 6 nitrogen and oxygen atoms in total. The predicted octanol–water partition coefficient (Wildman–Crippen LogP) is 1.55. The van der Waals surface area contributed by atoms with Crippen LogP contribution in [-0.4, -0.2) is 58.7 Å². The molecular formula is C17H22N2O4. The first-order valence-corrected chi connectivity index (χ1v) is 8.06. The number of nitrogens with zero attached hydrogens (tertiary/aromatic N) is 2. The van der Waals surface area contributed by atoms with Crippen molar-refractivity contribution in [2.24, 2.45) is 0 Å². The van der Waals surface area contributed by atoms with E-state index in [1.54, 1.807) is 4.90 Å². The summed E-state index contributed by atoms with van der Waals surface area (Å²) in [5, 5.41) is 10.1. The van der Waals surface area contributed by atoms with Crippen LogP contribution in [0.3, 0.4) is 0 Å². The van der Waals surface area contributed by atoms with E-state index in [2.05, 4.69) is 0 Å². The van der Waals surface area contributed by atoms with Crippen LogP contribution in [0, 0.1) is 6.92 Å². The van der Waals surface area contributed by atoms with Gasteiger partial charge in [0, 0.05) is 6.54 Å². The number of carbonyl (C=O) groups is 2. The third-order valence-corrected chi connectivity index (χ3v) is 4.39. The molecule has 1 aromatic carbocycles. The van der Waals surface area contributed by atoms with E-state index in [4.69, 9.17) is 4.74 Å². The zero-order valence-electron chi connectivity index (χ0n) is 13.3. The Bertz CT molecular complexity index is 563. The first-order chi connectivity index (χ1) is 11.1. The number of imide groups is 1. The Labute approximate surface area is 135 Å². The first-order valence-electron chi connectivity index (χ1n) is 8.06. The lowest BCUT2D eigenvalue weighted by Gasteiger charge is -2.26. The number of rotatable bonds is 5. The van der Waals surface area contributed by atoms with Crippen LogP contribution >= 0.6 is 0 Å². The minimum absolute atomic E-state index is 0.0173. The van der Waals surface area contributed by atoms with Crippen LogP contribution in [0.25, 0.3) is 0 Å². The second-order valence-electron chi connectivity index (χ2n) is 6.21. The van der Waals surface area contributed by atoms with Gasteiger partial charge in [0.05, 0.1) is 6.54 Å². The van der Waals surface area contributed by atoms with Gasteiger partial charge in [0.15, 0.2) is 0 Å². The molecule has 0 bridgehead atoms. The van der Waals surface area contributed by atoms with Crippen molar-refractivity contribution in [3.8, 4) is 5.75 Å². The van der Waals surface area contributed by atoms with Crippen LogP contribution < -0.4 is 4.74 Å². The Morgan fingerprint density at radius 1 is 1.26 bits per heavy atom. The Kier molecular flexibility index (Phi) is 4.52. The third-order valence-electron chi connectivity index (χ3n) is 4.39. The van der Waals surface area contributed by atoms with Gasteiger partial charge in [0.1, 0.15) is 24.5 Å². The maximum absolute atomic E-state index is 12.3. The number of hydrogen-bond acceptors (Lipinski definition) is 4. The molecule has 2 fully saturated rings. The number of hydrogen-bond donors (Lipinski definition) is 1. The molecule has 3 rings (SSSR count). The largest absolute Gasteiger partial charge is 0.491 e. The summed E-state index contributed by atoms with van der Waals surface area (Å²) in [4.78, 5) is 27.4. The summed E-state index contributed by atoms with van der Waals surface area (Å²) >= 11 is 0. The van der Waals surface area contributed by atoms with Crippen LogP contribution in [0.5, 0.6) is 5.75 Å². The molecule has 2 heterocycles. The fourth-order valence-electron chi connectivity index (χ4n) is 3.10. The van der Waals surface area contributed by atoms with Crippen molar-refractivity contribution in [1.82, 2.24) is 9.80 Å². The molecule has 23 heavy (non-hydrogen) atoms. The normalized spacial score (nSPS) is 22.3. The van der Waals surface area contributed by atoms with E-state index in [0.717, 1.165) is 24.8 Å². The van der Waals surface area contributed by atoms with Gasteiger partial charge in [-0.3, -0.25) is 9.69 Å². The molecule has 2 aliphatic heterocycles. The van der Waals surface area contributed by atoms with Crippen molar-refractivity contribution in [3.63, 3.8) is 0 Å². The smallest absolute Gasteiger partial charge is 0.327 e. The zero-order chi connectivity index (χ0) is 16.4. The van der Waals surface area contributed by atoms with Crippen LogP contribution in [0.4, 0.5) is 4.79 Å². The highest BCUT2D eigenvalue weighted by Crippen LogP contribution is 2.26. The Hall–Kier alpha value is -2.08. The van der Waals surface area contributed by atoms with E-state index >= 15 is 0 Å². The standard InChI is InChI=1S/C17H22N2O4/c1-12-5-7-14(8-6-12)23-11-13(20)10-19-16(21)15-4-2-3-9-18(15)17(19)22/h5-8,13,15,20H,2-4,9-11H2,1H3/t13-,15+/m1/s1. The van der Waals surface area contributed by atoms with Gasteiger partial charge < -0.3 is 14.7 Å². The van der Waals surface area contributed by atoms with Crippen molar-refractivity contribution in [2.75, 3.05) is 19.7 Å². The van der Waals surface area contributed by atoms with Crippen LogP contribution in [0.15, 0.2) is 24.3 Å². The first kappa shape index (κ1) is 15.8. The predicted molar refractivity (Wildman–Crippen MR) is 84.1 cm³/mol. The monoisotopic (exact) mass is 318 g/mol.